The number of benzene rings is 2. The van der Waals surface area contributed by atoms with Crippen LogP contribution < -0.4 is 14.8 Å². The molecule has 12 heteroatoms. The third-order valence-corrected chi connectivity index (χ3v) is 8.98. The molecule has 2 aliphatic heterocycles. The monoisotopic (exact) mass is 552 g/mol. The lowest BCUT2D eigenvalue weighted by atomic mass is 10.1. The molecule has 11 nitrogen and oxygen atoms in total. The average Bonchev–Trinajstić information content (AvgIpc) is 3.49. The van der Waals surface area contributed by atoms with Crippen molar-refractivity contribution >= 4 is 38.6 Å². The minimum absolute atomic E-state index is 0.139. The van der Waals surface area contributed by atoms with Crippen LogP contribution in [0.15, 0.2) is 71.9 Å². The van der Waals surface area contributed by atoms with Gasteiger partial charge in [-0.25, -0.2) is 13.2 Å². The number of fused-ring (bicyclic) bond motifs is 2. The van der Waals surface area contributed by atoms with Crippen molar-refractivity contribution in [3.63, 3.8) is 0 Å². The molecule has 2 aliphatic rings. The first-order chi connectivity index (χ1) is 18.7. The number of hydrogen-bond acceptors (Lipinski definition) is 7. The van der Waals surface area contributed by atoms with Crippen LogP contribution in [0, 0.1) is 5.21 Å². The second-order valence-corrected chi connectivity index (χ2v) is 11.4. The zero-order valence-electron chi connectivity index (χ0n) is 21.2. The number of hydrogen-bond donors (Lipinski definition) is 1. The number of carbonyl (C=O) groups is 3. The Kier molecular flexibility index (Phi) is 7.23. The fraction of sp³-hybridized carbons (Fsp3) is 0.333. The van der Waals surface area contributed by atoms with Gasteiger partial charge in [-0.05, 0) is 41.8 Å². The topological polar surface area (TPSA) is 140 Å². The summed E-state index contributed by atoms with van der Waals surface area (Å²) >= 11 is 0. The van der Waals surface area contributed by atoms with Crippen molar-refractivity contribution in [2.75, 3.05) is 13.1 Å². The summed E-state index contributed by atoms with van der Waals surface area (Å²) in [6.45, 7) is 1.56. The van der Waals surface area contributed by atoms with E-state index < -0.39 is 57.5 Å². The molecule has 1 aromatic heterocycles. The Morgan fingerprint density at radius 1 is 1.13 bits per heavy atom. The number of nitrogens with one attached hydrogen (secondary N) is 1. The molecule has 3 heterocycles. The van der Waals surface area contributed by atoms with Crippen LogP contribution in [0.2, 0.25) is 0 Å². The van der Waals surface area contributed by atoms with Gasteiger partial charge in [0.2, 0.25) is 5.91 Å². The van der Waals surface area contributed by atoms with E-state index in [2.05, 4.69) is 5.32 Å². The summed E-state index contributed by atoms with van der Waals surface area (Å²) in [5.74, 6) is -0.596. The standard InChI is InChI=1S/C27H28N4O7S/c1-2-7-21(28-27(34)38-20-12-11-18-8-3-4-9-19(18)16-20)26(33)29-15-13-22-25(29)23(32)17-31(22)39(36,37)24-10-5-6-14-30(24)35/h3-6,8-12,14,16,21-22,25H,2,7,13,15,17H2,1H3,(H,28,34). The molecule has 2 saturated heterocycles. The molecule has 2 amide bonds. The lowest BCUT2D eigenvalue weighted by molar-refractivity contribution is -0.646. The molecule has 0 spiro atoms. The predicted octanol–water partition coefficient (Wildman–Crippen LogP) is 1.97. The lowest BCUT2D eigenvalue weighted by Crippen LogP contribution is -2.53. The smallest absolute Gasteiger partial charge is 0.413 e. The molecule has 5 rings (SSSR count). The Morgan fingerprint density at radius 3 is 2.62 bits per heavy atom. The molecule has 0 saturated carbocycles. The highest BCUT2D eigenvalue weighted by molar-refractivity contribution is 7.89. The van der Waals surface area contributed by atoms with E-state index in [1.54, 1.807) is 12.1 Å². The first-order valence-electron chi connectivity index (χ1n) is 12.7. The Morgan fingerprint density at radius 2 is 1.87 bits per heavy atom. The van der Waals surface area contributed by atoms with Gasteiger partial charge < -0.3 is 20.2 Å². The number of Topliss-reactive ketones (excluding diaryl/α,β-unsaturated/α-hetero) is 1. The van der Waals surface area contributed by atoms with Gasteiger partial charge >= 0.3 is 21.1 Å². The van der Waals surface area contributed by atoms with E-state index in [9.17, 15) is 28.0 Å². The van der Waals surface area contributed by atoms with Crippen LogP contribution in [0.1, 0.15) is 26.2 Å². The van der Waals surface area contributed by atoms with Crippen LogP contribution in [0.3, 0.4) is 0 Å². The van der Waals surface area contributed by atoms with E-state index in [-0.39, 0.29) is 17.7 Å². The van der Waals surface area contributed by atoms with Crippen LogP contribution >= 0.6 is 0 Å². The SMILES string of the molecule is CCCC(NC(=O)Oc1ccc2ccccc2c1)C(=O)N1CCC2C1C(=O)CN2S(=O)(=O)c1cccc[n+]1[O-]. The minimum atomic E-state index is -4.27. The number of pyridine rings is 1. The Hall–Kier alpha value is -4.03. The molecular formula is C27H28N4O7S. The molecule has 0 bridgehead atoms. The van der Waals surface area contributed by atoms with Crippen molar-refractivity contribution in [1.29, 1.82) is 0 Å². The van der Waals surface area contributed by atoms with Crippen LogP contribution in [-0.4, -0.2) is 66.6 Å². The largest absolute Gasteiger partial charge is 0.618 e. The second-order valence-electron chi connectivity index (χ2n) is 9.60. The maximum Gasteiger partial charge on any atom is 0.413 e. The fourth-order valence-electron chi connectivity index (χ4n) is 5.33. The number of likely N-dealkylation sites (tertiary alicyclic amines) is 1. The van der Waals surface area contributed by atoms with E-state index in [0.29, 0.717) is 18.6 Å². The molecule has 39 heavy (non-hydrogen) atoms. The van der Waals surface area contributed by atoms with Crippen molar-refractivity contribution in [3.05, 3.63) is 72.1 Å². The molecule has 0 aliphatic carbocycles. The summed E-state index contributed by atoms with van der Waals surface area (Å²) in [5.41, 5.74) is 0. The van der Waals surface area contributed by atoms with Crippen molar-refractivity contribution in [1.82, 2.24) is 14.5 Å². The van der Waals surface area contributed by atoms with Crippen molar-refractivity contribution in [3.8, 4) is 5.75 Å². The quantitative estimate of drug-likeness (QED) is 0.349. The van der Waals surface area contributed by atoms with Gasteiger partial charge in [-0.1, -0.05) is 43.7 Å². The van der Waals surface area contributed by atoms with Crippen molar-refractivity contribution in [2.45, 2.75) is 49.3 Å². The Bertz CT molecular complexity index is 1540. The van der Waals surface area contributed by atoms with E-state index in [4.69, 9.17) is 4.74 Å². The predicted molar refractivity (Wildman–Crippen MR) is 140 cm³/mol. The highest BCUT2D eigenvalue weighted by Gasteiger charge is 2.55. The van der Waals surface area contributed by atoms with Gasteiger partial charge in [0.05, 0.1) is 12.6 Å². The molecule has 2 fully saturated rings. The number of sulfonamides is 1. The van der Waals surface area contributed by atoms with Gasteiger partial charge in [0, 0.05) is 18.7 Å². The molecule has 3 atom stereocenters. The summed E-state index contributed by atoms with van der Waals surface area (Å²) in [6, 6.07) is 14.1. The second kappa shape index (κ2) is 10.6. The fourth-order valence-corrected chi connectivity index (χ4v) is 6.98. The average molecular weight is 553 g/mol. The maximum atomic E-state index is 13.5. The summed E-state index contributed by atoms with van der Waals surface area (Å²) < 4.78 is 33.2. The summed E-state index contributed by atoms with van der Waals surface area (Å²) in [6.07, 6.45) is 1.37. The number of carbonyl (C=O) groups excluding carboxylic acids is 3. The van der Waals surface area contributed by atoms with E-state index in [1.165, 1.54) is 23.1 Å². The molecule has 0 radical (unpaired) electrons. The van der Waals surface area contributed by atoms with Gasteiger partial charge in [0.15, 0.2) is 12.0 Å². The highest BCUT2D eigenvalue weighted by atomic mass is 32.2. The van der Waals surface area contributed by atoms with Crippen LogP contribution in [0.4, 0.5) is 4.79 Å². The van der Waals surface area contributed by atoms with Gasteiger partial charge in [-0.15, -0.1) is 0 Å². The van der Waals surface area contributed by atoms with E-state index in [1.807, 2.05) is 37.3 Å². The van der Waals surface area contributed by atoms with Crippen LogP contribution in [0.25, 0.3) is 10.8 Å². The van der Waals surface area contributed by atoms with Gasteiger partial charge in [-0.2, -0.15) is 9.04 Å². The molecule has 3 unspecified atom stereocenters. The van der Waals surface area contributed by atoms with Crippen molar-refractivity contribution < 1.29 is 32.3 Å². The highest BCUT2D eigenvalue weighted by Crippen LogP contribution is 2.34. The number of ketones is 1. The summed E-state index contributed by atoms with van der Waals surface area (Å²) in [4.78, 5) is 40.6. The zero-order chi connectivity index (χ0) is 27.7. The lowest BCUT2D eigenvalue weighted by Gasteiger charge is -2.28. The number of amides is 2. The van der Waals surface area contributed by atoms with Crippen LogP contribution in [-0.2, 0) is 19.6 Å². The number of rotatable bonds is 7. The molecule has 3 aromatic rings. The normalized spacial score (nSPS) is 20.1. The summed E-state index contributed by atoms with van der Waals surface area (Å²) in [5, 5.41) is 16.2. The van der Waals surface area contributed by atoms with Gasteiger partial charge in [0.1, 0.15) is 17.8 Å². The van der Waals surface area contributed by atoms with E-state index in [0.717, 1.165) is 21.3 Å². The Labute approximate surface area is 225 Å². The number of ether oxygens (including phenoxy) is 1. The zero-order valence-corrected chi connectivity index (χ0v) is 22.0. The number of aromatic nitrogens is 1. The number of nitrogens with zero attached hydrogens (tertiary/aromatic N) is 3. The Balaban J connectivity index is 1.30. The molecule has 204 valence electrons. The maximum absolute atomic E-state index is 13.5. The van der Waals surface area contributed by atoms with Gasteiger partial charge in [-0.3, -0.25) is 9.59 Å². The molecular weight excluding hydrogens is 524 g/mol. The molecule has 1 N–H and O–H groups in total. The van der Waals surface area contributed by atoms with Crippen molar-refractivity contribution in [2.24, 2.45) is 0 Å². The first-order valence-corrected chi connectivity index (χ1v) is 14.1. The summed E-state index contributed by atoms with van der Waals surface area (Å²) in [7, 11) is -4.27. The molecule has 2 aromatic carbocycles. The first kappa shape index (κ1) is 26.6. The van der Waals surface area contributed by atoms with E-state index >= 15 is 0 Å². The third-order valence-electron chi connectivity index (χ3n) is 7.12. The van der Waals surface area contributed by atoms with Crippen LogP contribution in [0.5, 0.6) is 5.75 Å². The minimum Gasteiger partial charge on any atom is -0.618 e. The third kappa shape index (κ3) is 5.04. The van der Waals surface area contributed by atoms with Gasteiger partial charge in [0.25, 0.3) is 0 Å².